The number of anilines is 2. The van der Waals surface area contributed by atoms with Crippen LogP contribution in [0.2, 0.25) is 0 Å². The SMILES string of the molecule is C#CC.CCC(C)(C)c1ccc(N2CCN(S(=O)c3ccc(NC(=O)OC(C)(C)C)nc3)CC2)cc1. The van der Waals surface area contributed by atoms with Gasteiger partial charge in [-0.2, -0.15) is 0 Å². The third-order valence-corrected chi connectivity index (χ3v) is 7.42. The Balaban J connectivity index is 0.00000145. The molecule has 1 amide bonds. The lowest BCUT2D eigenvalue weighted by Gasteiger charge is -2.35. The summed E-state index contributed by atoms with van der Waals surface area (Å²) in [6, 6.07) is 12.2. The van der Waals surface area contributed by atoms with Crippen LogP contribution in [0.25, 0.3) is 0 Å². The van der Waals surface area contributed by atoms with Gasteiger partial charge in [-0.15, -0.1) is 12.3 Å². The smallest absolute Gasteiger partial charge is 0.413 e. The fourth-order valence-corrected chi connectivity index (χ4v) is 4.67. The molecule has 0 aliphatic carbocycles. The van der Waals surface area contributed by atoms with Crippen molar-refractivity contribution in [3.63, 3.8) is 0 Å². The van der Waals surface area contributed by atoms with Gasteiger partial charge in [0.2, 0.25) is 0 Å². The van der Waals surface area contributed by atoms with E-state index in [2.05, 4.69) is 72.6 Å². The fourth-order valence-electron chi connectivity index (χ4n) is 3.55. The molecule has 0 radical (unpaired) electrons. The Morgan fingerprint density at radius 3 is 2.14 bits per heavy atom. The van der Waals surface area contributed by atoms with Crippen LogP contribution in [0.3, 0.4) is 0 Å². The van der Waals surface area contributed by atoms with Crippen LogP contribution >= 0.6 is 0 Å². The molecular formula is C28H40N4O3S. The Labute approximate surface area is 219 Å². The third-order valence-electron chi connectivity index (χ3n) is 5.94. The Hall–Kier alpha value is -2.89. The zero-order chi connectivity index (χ0) is 26.9. The van der Waals surface area contributed by atoms with E-state index in [9.17, 15) is 9.00 Å². The Kier molecular flexibility index (Phi) is 10.5. The molecule has 3 rings (SSSR count). The maximum atomic E-state index is 13.0. The number of piperazine rings is 1. The summed E-state index contributed by atoms with van der Waals surface area (Å²) in [5.74, 6) is 2.62. The number of terminal acetylenes is 1. The molecule has 196 valence electrons. The van der Waals surface area contributed by atoms with Gasteiger partial charge in [-0.3, -0.25) is 5.32 Å². The van der Waals surface area contributed by atoms with Gasteiger partial charge in [0.1, 0.15) is 22.4 Å². The van der Waals surface area contributed by atoms with Gasteiger partial charge in [0.05, 0.1) is 4.90 Å². The van der Waals surface area contributed by atoms with Crippen LogP contribution in [0.4, 0.5) is 16.3 Å². The van der Waals surface area contributed by atoms with Crippen molar-refractivity contribution in [3.8, 4) is 12.3 Å². The first-order chi connectivity index (χ1) is 16.9. The number of aromatic nitrogens is 1. The van der Waals surface area contributed by atoms with Gasteiger partial charge in [-0.1, -0.05) is 32.9 Å². The molecule has 1 aliphatic heterocycles. The second-order valence-corrected chi connectivity index (χ2v) is 11.7. The molecule has 1 aromatic heterocycles. The van der Waals surface area contributed by atoms with E-state index in [1.54, 1.807) is 46.0 Å². The van der Waals surface area contributed by atoms with E-state index in [1.807, 2.05) is 4.31 Å². The lowest BCUT2D eigenvalue weighted by molar-refractivity contribution is 0.0635. The van der Waals surface area contributed by atoms with Crippen LogP contribution < -0.4 is 10.2 Å². The van der Waals surface area contributed by atoms with Crippen molar-refractivity contribution >= 4 is 28.6 Å². The standard InChI is InChI=1S/C25H36N4O3S.C3H4/c1-7-25(5,6)19-8-10-20(11-9-19)28-14-16-29(17-15-28)33(31)21-12-13-22(26-18-21)27-23(30)32-24(2,3)4;1-3-2/h8-13,18H,7,14-17H2,1-6H3,(H,26,27,30);1H,2H3. The highest BCUT2D eigenvalue weighted by molar-refractivity contribution is 7.82. The average molecular weight is 513 g/mol. The number of nitrogens with zero attached hydrogens (tertiary/aromatic N) is 3. The summed E-state index contributed by atoms with van der Waals surface area (Å²) in [7, 11) is -1.29. The number of rotatable bonds is 6. The van der Waals surface area contributed by atoms with Crippen molar-refractivity contribution in [1.82, 2.24) is 9.29 Å². The molecule has 1 aromatic carbocycles. The Morgan fingerprint density at radius 1 is 1.08 bits per heavy atom. The van der Waals surface area contributed by atoms with Crippen LogP contribution in [0.1, 0.15) is 60.5 Å². The first kappa shape index (κ1) is 29.3. The number of amides is 1. The molecule has 0 bridgehead atoms. The Morgan fingerprint density at radius 2 is 1.67 bits per heavy atom. The molecule has 8 heteroatoms. The minimum Gasteiger partial charge on any atom is -0.444 e. The van der Waals surface area contributed by atoms with Gasteiger partial charge in [0.15, 0.2) is 0 Å². The molecular weight excluding hydrogens is 472 g/mol. The summed E-state index contributed by atoms with van der Waals surface area (Å²) < 4.78 is 20.2. The number of benzene rings is 1. The van der Waals surface area contributed by atoms with E-state index >= 15 is 0 Å². The molecule has 1 fully saturated rings. The number of carbonyl (C=O) groups is 1. The van der Waals surface area contributed by atoms with Crippen molar-refractivity contribution in [3.05, 3.63) is 48.2 Å². The van der Waals surface area contributed by atoms with Crippen LogP contribution in [0.15, 0.2) is 47.5 Å². The zero-order valence-electron chi connectivity index (χ0n) is 22.6. The van der Waals surface area contributed by atoms with E-state index in [0.29, 0.717) is 23.8 Å². The third kappa shape index (κ3) is 8.65. The summed E-state index contributed by atoms with van der Waals surface area (Å²) >= 11 is 0. The average Bonchev–Trinajstić information content (AvgIpc) is 2.83. The van der Waals surface area contributed by atoms with E-state index in [1.165, 1.54) is 11.3 Å². The maximum absolute atomic E-state index is 13.0. The summed E-state index contributed by atoms with van der Waals surface area (Å²) in [5, 5.41) is 2.59. The first-order valence-electron chi connectivity index (χ1n) is 12.3. The second kappa shape index (κ2) is 12.9. The van der Waals surface area contributed by atoms with Gasteiger partial charge in [0.25, 0.3) is 0 Å². The topological polar surface area (TPSA) is 74.8 Å². The van der Waals surface area contributed by atoms with Crippen LogP contribution in [0, 0.1) is 12.3 Å². The van der Waals surface area contributed by atoms with Gasteiger partial charge in [0, 0.05) is 38.1 Å². The summed E-state index contributed by atoms with van der Waals surface area (Å²) in [4.78, 5) is 19.0. The number of ether oxygens (including phenoxy) is 1. The molecule has 7 nitrogen and oxygen atoms in total. The lowest BCUT2D eigenvalue weighted by atomic mass is 9.82. The highest BCUT2D eigenvalue weighted by atomic mass is 32.2. The van der Waals surface area contributed by atoms with Crippen molar-refractivity contribution in [1.29, 1.82) is 0 Å². The monoisotopic (exact) mass is 512 g/mol. The predicted octanol–water partition coefficient (Wildman–Crippen LogP) is 5.60. The second-order valence-electron chi connectivity index (χ2n) is 10.2. The van der Waals surface area contributed by atoms with E-state index in [4.69, 9.17) is 4.74 Å². The summed E-state index contributed by atoms with van der Waals surface area (Å²) in [6.45, 7) is 16.8. The quantitative estimate of drug-likeness (QED) is 0.510. The first-order valence-corrected chi connectivity index (χ1v) is 13.4. The number of carbonyl (C=O) groups excluding carboxylic acids is 1. The molecule has 1 saturated heterocycles. The van der Waals surface area contributed by atoms with E-state index < -0.39 is 22.7 Å². The van der Waals surface area contributed by atoms with Crippen molar-refractivity contribution in [2.24, 2.45) is 0 Å². The van der Waals surface area contributed by atoms with Crippen molar-refractivity contribution < 1.29 is 13.7 Å². The molecule has 1 unspecified atom stereocenters. The Bertz CT molecular complexity index is 1050. The molecule has 2 heterocycles. The highest BCUT2D eigenvalue weighted by Crippen LogP contribution is 2.29. The zero-order valence-corrected chi connectivity index (χ0v) is 23.4. The normalized spacial score (nSPS) is 15.2. The summed E-state index contributed by atoms with van der Waals surface area (Å²) in [5.41, 5.74) is 2.16. The largest absolute Gasteiger partial charge is 0.444 e. The van der Waals surface area contributed by atoms with Gasteiger partial charge < -0.3 is 9.64 Å². The van der Waals surface area contributed by atoms with Crippen molar-refractivity contribution in [2.75, 3.05) is 36.4 Å². The maximum Gasteiger partial charge on any atom is 0.413 e. The van der Waals surface area contributed by atoms with Crippen LogP contribution in [-0.4, -0.2) is 51.4 Å². The van der Waals surface area contributed by atoms with Gasteiger partial charge in [-0.05, 0) is 69.4 Å². The fraction of sp³-hybridized carbons (Fsp3) is 0.500. The number of nitrogens with one attached hydrogen (secondary N) is 1. The minimum atomic E-state index is -1.29. The molecule has 2 aromatic rings. The molecule has 1 aliphatic rings. The number of hydrogen-bond acceptors (Lipinski definition) is 5. The van der Waals surface area contributed by atoms with Crippen LogP contribution in [-0.2, 0) is 21.1 Å². The van der Waals surface area contributed by atoms with Crippen LogP contribution in [0.5, 0.6) is 0 Å². The van der Waals surface area contributed by atoms with Gasteiger partial charge in [-0.25, -0.2) is 18.3 Å². The predicted molar refractivity (Wildman–Crippen MR) is 149 cm³/mol. The number of hydrogen-bond donors (Lipinski definition) is 1. The molecule has 36 heavy (non-hydrogen) atoms. The van der Waals surface area contributed by atoms with E-state index in [0.717, 1.165) is 19.5 Å². The number of pyridine rings is 1. The minimum absolute atomic E-state index is 0.181. The summed E-state index contributed by atoms with van der Waals surface area (Å²) in [6.07, 6.45) is 6.68. The highest BCUT2D eigenvalue weighted by Gasteiger charge is 2.24. The van der Waals surface area contributed by atoms with E-state index in [-0.39, 0.29) is 5.41 Å². The molecule has 0 saturated carbocycles. The van der Waals surface area contributed by atoms with Gasteiger partial charge >= 0.3 is 6.09 Å². The molecule has 1 N–H and O–H groups in total. The lowest BCUT2D eigenvalue weighted by Crippen LogP contribution is -2.47. The molecule has 1 atom stereocenters. The van der Waals surface area contributed by atoms with Crippen molar-refractivity contribution in [2.45, 2.75) is 70.8 Å². The molecule has 0 spiro atoms.